The highest BCUT2D eigenvalue weighted by Crippen LogP contribution is 2.21. The van der Waals surface area contributed by atoms with Gasteiger partial charge in [-0.25, -0.2) is 0 Å². The SMILES string of the molecule is C=CCN(CCCC)CC1COCCC[Si](OC)(OC)O1. The van der Waals surface area contributed by atoms with E-state index < -0.39 is 8.80 Å². The van der Waals surface area contributed by atoms with E-state index in [9.17, 15) is 0 Å². The summed E-state index contributed by atoms with van der Waals surface area (Å²) in [7, 11) is 0.847. The molecule has 0 aromatic carbocycles. The van der Waals surface area contributed by atoms with Gasteiger partial charge in [-0.3, -0.25) is 4.90 Å². The van der Waals surface area contributed by atoms with Gasteiger partial charge >= 0.3 is 8.80 Å². The summed E-state index contributed by atoms with van der Waals surface area (Å²) >= 11 is 0. The molecule has 0 aromatic heterocycles. The lowest BCUT2D eigenvalue weighted by Gasteiger charge is -2.35. The standard InChI is InChI=1S/C15H31NO4Si/c1-5-7-10-16(9-6-2)13-15-14-19-11-8-12-21(17-3,18-4)20-15/h6,15H,2,5,7-14H2,1,3-4H3. The fourth-order valence-corrected chi connectivity index (χ4v) is 4.65. The van der Waals surface area contributed by atoms with Crippen molar-refractivity contribution in [3.8, 4) is 0 Å². The Morgan fingerprint density at radius 3 is 2.76 bits per heavy atom. The topological polar surface area (TPSA) is 40.2 Å². The zero-order valence-electron chi connectivity index (χ0n) is 13.8. The van der Waals surface area contributed by atoms with Gasteiger partial charge in [-0.2, -0.15) is 0 Å². The van der Waals surface area contributed by atoms with Gasteiger partial charge in [-0.1, -0.05) is 19.4 Å². The van der Waals surface area contributed by atoms with E-state index in [0.717, 1.165) is 38.7 Å². The summed E-state index contributed by atoms with van der Waals surface area (Å²) in [5.74, 6) is 0. The Hall–Kier alpha value is -0.243. The van der Waals surface area contributed by atoms with Crippen LogP contribution >= 0.6 is 0 Å². The Balaban J connectivity index is 2.64. The van der Waals surface area contributed by atoms with E-state index in [-0.39, 0.29) is 6.10 Å². The van der Waals surface area contributed by atoms with Gasteiger partial charge in [0.1, 0.15) is 0 Å². The third-order valence-corrected chi connectivity index (χ3v) is 6.62. The van der Waals surface area contributed by atoms with E-state index >= 15 is 0 Å². The molecule has 0 radical (unpaired) electrons. The lowest BCUT2D eigenvalue weighted by molar-refractivity contribution is -0.0264. The predicted octanol–water partition coefficient (Wildman–Crippen LogP) is 2.31. The zero-order valence-corrected chi connectivity index (χ0v) is 14.8. The minimum atomic E-state index is -2.53. The van der Waals surface area contributed by atoms with Crippen molar-refractivity contribution in [1.29, 1.82) is 0 Å². The number of hydrogen-bond donors (Lipinski definition) is 0. The van der Waals surface area contributed by atoms with Gasteiger partial charge in [0.05, 0.1) is 12.7 Å². The molecule has 1 saturated heterocycles. The smallest absolute Gasteiger partial charge is 0.379 e. The predicted molar refractivity (Wildman–Crippen MR) is 86.4 cm³/mol. The van der Waals surface area contributed by atoms with Crippen molar-refractivity contribution in [3.05, 3.63) is 12.7 Å². The molecule has 0 spiro atoms. The van der Waals surface area contributed by atoms with Gasteiger partial charge in [0.15, 0.2) is 0 Å². The van der Waals surface area contributed by atoms with Crippen molar-refractivity contribution in [1.82, 2.24) is 4.90 Å². The largest absolute Gasteiger partial charge is 0.500 e. The third-order valence-electron chi connectivity index (χ3n) is 3.72. The molecule has 1 heterocycles. The van der Waals surface area contributed by atoms with Gasteiger partial charge in [-0.05, 0) is 19.4 Å². The molecule has 0 aromatic rings. The lowest BCUT2D eigenvalue weighted by atomic mass is 10.2. The molecule has 5 nitrogen and oxygen atoms in total. The van der Waals surface area contributed by atoms with E-state index in [1.165, 1.54) is 12.8 Å². The Bertz CT molecular complexity index is 287. The summed E-state index contributed by atoms with van der Waals surface area (Å²) < 4.78 is 23.1. The summed E-state index contributed by atoms with van der Waals surface area (Å²) in [6.45, 7) is 10.1. The van der Waals surface area contributed by atoms with Gasteiger partial charge < -0.3 is 18.0 Å². The molecule has 1 unspecified atom stereocenters. The second-order valence-electron chi connectivity index (χ2n) is 5.41. The highest BCUT2D eigenvalue weighted by molar-refractivity contribution is 6.60. The maximum atomic E-state index is 6.23. The highest BCUT2D eigenvalue weighted by atomic mass is 28.4. The summed E-state index contributed by atoms with van der Waals surface area (Å²) in [4.78, 5) is 2.36. The van der Waals surface area contributed by atoms with Crippen LogP contribution < -0.4 is 0 Å². The van der Waals surface area contributed by atoms with Crippen molar-refractivity contribution < 1.29 is 18.0 Å². The molecule has 124 valence electrons. The van der Waals surface area contributed by atoms with Gasteiger partial charge in [0.2, 0.25) is 0 Å². The van der Waals surface area contributed by atoms with E-state index in [0.29, 0.717) is 6.61 Å². The Labute approximate surface area is 130 Å². The number of hydrogen-bond acceptors (Lipinski definition) is 5. The highest BCUT2D eigenvalue weighted by Gasteiger charge is 2.42. The van der Waals surface area contributed by atoms with Crippen LogP contribution in [0.15, 0.2) is 12.7 Å². The quantitative estimate of drug-likeness (QED) is 0.482. The van der Waals surface area contributed by atoms with Crippen molar-refractivity contribution in [2.45, 2.75) is 38.3 Å². The van der Waals surface area contributed by atoms with Crippen LogP contribution in [0.5, 0.6) is 0 Å². The minimum Gasteiger partial charge on any atom is -0.379 e. The van der Waals surface area contributed by atoms with E-state index in [1.54, 1.807) is 14.2 Å². The average Bonchev–Trinajstić information content (AvgIpc) is 2.48. The molecule has 6 heteroatoms. The molecule has 0 amide bonds. The average molecular weight is 318 g/mol. The molecular formula is C15H31NO4Si. The molecule has 0 aliphatic carbocycles. The Morgan fingerprint density at radius 2 is 2.14 bits per heavy atom. The minimum absolute atomic E-state index is 0.00586. The molecule has 21 heavy (non-hydrogen) atoms. The molecular weight excluding hydrogens is 286 g/mol. The van der Waals surface area contributed by atoms with Crippen molar-refractivity contribution in [3.63, 3.8) is 0 Å². The van der Waals surface area contributed by atoms with Gasteiger partial charge in [-0.15, -0.1) is 6.58 Å². The second kappa shape index (κ2) is 10.5. The monoisotopic (exact) mass is 317 g/mol. The van der Waals surface area contributed by atoms with Crippen LogP contribution in [0.3, 0.4) is 0 Å². The summed E-state index contributed by atoms with van der Waals surface area (Å²) in [6, 6.07) is 0.812. The maximum Gasteiger partial charge on any atom is 0.500 e. The molecule has 0 bridgehead atoms. The first-order chi connectivity index (χ1) is 10.2. The molecule has 1 atom stereocenters. The number of unbranched alkanes of at least 4 members (excludes halogenated alkanes) is 1. The molecule has 1 aliphatic heterocycles. The summed E-state index contributed by atoms with van der Waals surface area (Å²) in [5, 5.41) is 0. The Kier molecular flexibility index (Phi) is 9.38. The lowest BCUT2D eigenvalue weighted by Crippen LogP contribution is -2.51. The van der Waals surface area contributed by atoms with Crippen molar-refractivity contribution >= 4 is 8.80 Å². The van der Waals surface area contributed by atoms with Gasteiger partial charge in [0, 0.05) is 40.0 Å². The normalized spacial score (nSPS) is 22.8. The molecule has 1 rings (SSSR count). The zero-order chi connectivity index (χ0) is 15.6. The van der Waals surface area contributed by atoms with Crippen LogP contribution in [0.4, 0.5) is 0 Å². The van der Waals surface area contributed by atoms with Crippen molar-refractivity contribution in [2.24, 2.45) is 0 Å². The summed E-state index contributed by atoms with van der Waals surface area (Å²) in [6.07, 6.45) is 5.22. The van der Waals surface area contributed by atoms with Crippen LogP contribution in [0.2, 0.25) is 6.04 Å². The fourth-order valence-electron chi connectivity index (χ4n) is 2.54. The van der Waals surface area contributed by atoms with Crippen molar-refractivity contribution in [2.75, 3.05) is 47.1 Å². The maximum absolute atomic E-state index is 6.23. The Morgan fingerprint density at radius 1 is 1.38 bits per heavy atom. The molecule has 1 fully saturated rings. The number of rotatable bonds is 9. The fraction of sp³-hybridized carbons (Fsp3) is 0.867. The van der Waals surface area contributed by atoms with Crippen LogP contribution in [0.1, 0.15) is 26.2 Å². The second-order valence-corrected chi connectivity index (χ2v) is 8.33. The third kappa shape index (κ3) is 6.59. The van der Waals surface area contributed by atoms with Crippen LogP contribution in [-0.2, 0) is 18.0 Å². The van der Waals surface area contributed by atoms with E-state index in [1.807, 2.05) is 6.08 Å². The van der Waals surface area contributed by atoms with Gasteiger partial charge in [0.25, 0.3) is 0 Å². The van der Waals surface area contributed by atoms with E-state index in [4.69, 9.17) is 18.0 Å². The number of nitrogens with zero attached hydrogens (tertiary/aromatic N) is 1. The molecule has 0 N–H and O–H groups in total. The molecule has 1 aliphatic rings. The number of ether oxygens (including phenoxy) is 1. The van der Waals surface area contributed by atoms with Crippen LogP contribution in [-0.4, -0.2) is 66.9 Å². The van der Waals surface area contributed by atoms with Crippen LogP contribution in [0.25, 0.3) is 0 Å². The first-order valence-corrected chi connectivity index (χ1v) is 9.82. The molecule has 0 saturated carbocycles. The first kappa shape index (κ1) is 18.8. The summed E-state index contributed by atoms with van der Waals surface area (Å²) in [5.41, 5.74) is 0. The first-order valence-electron chi connectivity index (χ1n) is 7.88. The van der Waals surface area contributed by atoms with Crippen LogP contribution in [0, 0.1) is 0 Å². The van der Waals surface area contributed by atoms with E-state index in [2.05, 4.69) is 18.4 Å².